The summed E-state index contributed by atoms with van der Waals surface area (Å²) in [6.45, 7) is 7.93. The molecule has 1 aromatic carbocycles. The first-order valence-electron chi connectivity index (χ1n) is 6.89. The molecule has 0 spiro atoms. The van der Waals surface area contributed by atoms with E-state index in [9.17, 15) is 8.78 Å². The van der Waals surface area contributed by atoms with E-state index in [2.05, 4.69) is 24.1 Å². The fourth-order valence-electron chi connectivity index (χ4n) is 3.65. The zero-order valence-corrected chi connectivity index (χ0v) is 11.4. The Morgan fingerprint density at radius 2 is 2.11 bits per heavy atom. The fraction of sp³-hybridized carbons (Fsp3) is 0.600. The summed E-state index contributed by atoms with van der Waals surface area (Å²) in [5, 5.41) is 3.42. The van der Waals surface area contributed by atoms with Crippen molar-refractivity contribution in [3.8, 4) is 0 Å². The van der Waals surface area contributed by atoms with Crippen molar-refractivity contribution in [1.82, 2.24) is 10.2 Å². The first kappa shape index (κ1) is 13.0. The van der Waals surface area contributed by atoms with Crippen LogP contribution in [-0.4, -0.2) is 30.1 Å². The summed E-state index contributed by atoms with van der Waals surface area (Å²) in [6.07, 6.45) is 0. The van der Waals surface area contributed by atoms with Gasteiger partial charge >= 0.3 is 0 Å². The summed E-state index contributed by atoms with van der Waals surface area (Å²) < 4.78 is 27.1. The van der Waals surface area contributed by atoms with Crippen molar-refractivity contribution >= 4 is 0 Å². The molecule has 2 unspecified atom stereocenters. The molecule has 0 aliphatic carbocycles. The number of hydrogen-bond donors (Lipinski definition) is 1. The number of nitrogens with zero attached hydrogens (tertiary/aromatic N) is 1. The predicted octanol–water partition coefficient (Wildman–Crippen LogP) is 2.39. The lowest BCUT2D eigenvalue weighted by atomic mass is 9.85. The number of fused-ring (bicyclic) bond motifs is 1. The maximum Gasteiger partial charge on any atom is 0.163 e. The number of rotatable bonds is 2. The minimum atomic E-state index is -0.753. The van der Waals surface area contributed by atoms with Crippen LogP contribution in [0.2, 0.25) is 0 Å². The second kappa shape index (κ2) is 4.53. The van der Waals surface area contributed by atoms with Gasteiger partial charge in [0.05, 0.1) is 0 Å². The molecule has 2 saturated heterocycles. The van der Waals surface area contributed by atoms with Crippen LogP contribution in [0.25, 0.3) is 0 Å². The predicted molar refractivity (Wildman–Crippen MR) is 70.7 cm³/mol. The van der Waals surface area contributed by atoms with E-state index in [4.69, 9.17) is 0 Å². The molecular formula is C15H20F2N2. The highest BCUT2D eigenvalue weighted by Gasteiger charge is 2.49. The van der Waals surface area contributed by atoms with E-state index in [-0.39, 0.29) is 5.54 Å². The van der Waals surface area contributed by atoms with Crippen LogP contribution in [0.4, 0.5) is 8.78 Å². The number of hydrogen-bond acceptors (Lipinski definition) is 2. The van der Waals surface area contributed by atoms with Gasteiger partial charge in [-0.15, -0.1) is 0 Å². The lowest BCUT2D eigenvalue weighted by Crippen LogP contribution is -2.44. The average Bonchev–Trinajstić information content (AvgIpc) is 2.90. The molecule has 2 nitrogen and oxygen atoms in total. The lowest BCUT2D eigenvalue weighted by Gasteiger charge is -2.35. The number of benzene rings is 1. The summed E-state index contributed by atoms with van der Waals surface area (Å²) in [7, 11) is 0. The molecule has 2 fully saturated rings. The van der Waals surface area contributed by atoms with Crippen LogP contribution < -0.4 is 5.32 Å². The van der Waals surface area contributed by atoms with Gasteiger partial charge in [0.25, 0.3) is 0 Å². The quantitative estimate of drug-likeness (QED) is 0.884. The molecule has 1 N–H and O–H groups in total. The van der Waals surface area contributed by atoms with Crippen molar-refractivity contribution in [2.45, 2.75) is 25.9 Å². The topological polar surface area (TPSA) is 15.3 Å². The van der Waals surface area contributed by atoms with Crippen LogP contribution in [0.5, 0.6) is 0 Å². The summed E-state index contributed by atoms with van der Waals surface area (Å²) in [5.74, 6) is -0.222. The molecule has 2 atom stereocenters. The van der Waals surface area contributed by atoms with E-state index in [1.807, 2.05) is 0 Å². The van der Waals surface area contributed by atoms with Gasteiger partial charge in [0, 0.05) is 30.7 Å². The Balaban J connectivity index is 1.82. The van der Waals surface area contributed by atoms with Gasteiger partial charge in [0.15, 0.2) is 11.6 Å². The van der Waals surface area contributed by atoms with E-state index in [1.165, 1.54) is 6.07 Å². The molecule has 0 aromatic heterocycles. The molecule has 2 aliphatic rings. The molecule has 0 amide bonds. The summed E-state index contributed by atoms with van der Waals surface area (Å²) >= 11 is 0. The van der Waals surface area contributed by atoms with E-state index in [0.717, 1.165) is 19.6 Å². The number of nitrogens with one attached hydrogen (secondary N) is 1. The first-order valence-corrected chi connectivity index (χ1v) is 6.89. The SMILES string of the molecule is CC1(C)C2CNCC2CN1Cc1cccc(F)c1F. The maximum absolute atomic E-state index is 13.8. The second-order valence-corrected chi connectivity index (χ2v) is 6.27. The molecule has 1 aromatic rings. The third-order valence-corrected chi connectivity index (χ3v) is 4.91. The Bertz CT molecular complexity index is 487. The number of likely N-dealkylation sites (tertiary alicyclic amines) is 1. The highest BCUT2D eigenvalue weighted by Crippen LogP contribution is 2.41. The normalized spacial score (nSPS) is 29.7. The Hall–Kier alpha value is -1.00. The van der Waals surface area contributed by atoms with E-state index >= 15 is 0 Å². The van der Waals surface area contributed by atoms with Crippen molar-refractivity contribution in [3.63, 3.8) is 0 Å². The summed E-state index contributed by atoms with van der Waals surface area (Å²) in [5.41, 5.74) is 0.494. The fourth-order valence-corrected chi connectivity index (χ4v) is 3.65. The average molecular weight is 266 g/mol. The molecule has 4 heteroatoms. The zero-order valence-electron chi connectivity index (χ0n) is 11.4. The summed E-state index contributed by atoms with van der Waals surface area (Å²) in [6, 6.07) is 4.44. The minimum absolute atomic E-state index is 0.0346. The Morgan fingerprint density at radius 3 is 2.84 bits per heavy atom. The Labute approximate surface area is 112 Å². The third kappa shape index (κ3) is 2.07. The van der Waals surface area contributed by atoms with E-state index < -0.39 is 11.6 Å². The van der Waals surface area contributed by atoms with E-state index in [0.29, 0.717) is 23.9 Å². The molecule has 0 saturated carbocycles. The van der Waals surface area contributed by atoms with Gasteiger partial charge in [-0.3, -0.25) is 4.90 Å². The van der Waals surface area contributed by atoms with Gasteiger partial charge in [0.1, 0.15) is 0 Å². The largest absolute Gasteiger partial charge is 0.316 e. The highest BCUT2D eigenvalue weighted by atomic mass is 19.2. The van der Waals surface area contributed by atoms with Crippen LogP contribution in [0.3, 0.4) is 0 Å². The van der Waals surface area contributed by atoms with Crippen molar-refractivity contribution < 1.29 is 8.78 Å². The van der Waals surface area contributed by atoms with Crippen LogP contribution in [-0.2, 0) is 6.54 Å². The van der Waals surface area contributed by atoms with Crippen LogP contribution in [0, 0.1) is 23.5 Å². The molecule has 104 valence electrons. The van der Waals surface area contributed by atoms with Gasteiger partial charge in [-0.05, 0) is 38.3 Å². The molecule has 0 radical (unpaired) electrons. The molecule has 19 heavy (non-hydrogen) atoms. The molecule has 3 rings (SSSR count). The Morgan fingerprint density at radius 1 is 1.32 bits per heavy atom. The number of halogens is 2. The lowest BCUT2D eigenvalue weighted by molar-refractivity contribution is 0.130. The minimum Gasteiger partial charge on any atom is -0.316 e. The van der Waals surface area contributed by atoms with Gasteiger partial charge in [-0.1, -0.05) is 12.1 Å². The van der Waals surface area contributed by atoms with Gasteiger partial charge in [-0.25, -0.2) is 8.78 Å². The molecular weight excluding hydrogens is 246 g/mol. The Kier molecular flexibility index (Phi) is 3.10. The smallest absolute Gasteiger partial charge is 0.163 e. The molecule has 0 bridgehead atoms. The van der Waals surface area contributed by atoms with Crippen LogP contribution in [0.15, 0.2) is 18.2 Å². The monoisotopic (exact) mass is 266 g/mol. The van der Waals surface area contributed by atoms with Gasteiger partial charge in [0.2, 0.25) is 0 Å². The van der Waals surface area contributed by atoms with Crippen LogP contribution in [0.1, 0.15) is 19.4 Å². The zero-order chi connectivity index (χ0) is 13.6. The molecule has 2 aliphatic heterocycles. The third-order valence-electron chi connectivity index (χ3n) is 4.91. The van der Waals surface area contributed by atoms with Crippen molar-refractivity contribution in [1.29, 1.82) is 0 Å². The van der Waals surface area contributed by atoms with Crippen molar-refractivity contribution in [2.75, 3.05) is 19.6 Å². The standard InChI is InChI=1S/C15H20F2N2/c1-15(2)12-7-18-6-11(12)9-19(15)8-10-4-3-5-13(16)14(10)17/h3-5,11-12,18H,6-9H2,1-2H3. The maximum atomic E-state index is 13.8. The van der Waals surface area contributed by atoms with Crippen molar-refractivity contribution in [3.05, 3.63) is 35.4 Å². The second-order valence-electron chi connectivity index (χ2n) is 6.27. The van der Waals surface area contributed by atoms with Crippen molar-refractivity contribution in [2.24, 2.45) is 11.8 Å². The first-order chi connectivity index (χ1) is 9.00. The van der Waals surface area contributed by atoms with Gasteiger partial charge in [-0.2, -0.15) is 0 Å². The highest BCUT2D eigenvalue weighted by molar-refractivity contribution is 5.20. The van der Waals surface area contributed by atoms with E-state index in [1.54, 1.807) is 12.1 Å². The van der Waals surface area contributed by atoms with Crippen LogP contribution >= 0.6 is 0 Å². The van der Waals surface area contributed by atoms with Gasteiger partial charge < -0.3 is 5.32 Å². The molecule has 2 heterocycles. The summed E-state index contributed by atoms with van der Waals surface area (Å²) in [4.78, 5) is 2.29.